The van der Waals surface area contributed by atoms with Crippen LogP contribution in [0.2, 0.25) is 0 Å². The largest absolute Gasteiger partial charge is 0.481 e. The zero-order valence-electron chi connectivity index (χ0n) is 15.8. The Kier molecular flexibility index (Phi) is 4.71. The molecule has 1 aliphatic carbocycles. The Morgan fingerprint density at radius 1 is 1.20 bits per heavy atom. The van der Waals surface area contributed by atoms with E-state index in [0.717, 1.165) is 12.1 Å². The van der Waals surface area contributed by atoms with Crippen LogP contribution in [0.1, 0.15) is 18.4 Å². The van der Waals surface area contributed by atoms with Gasteiger partial charge in [-0.2, -0.15) is 13.2 Å². The molecular weight excluding hydrogens is 401 g/mol. The highest BCUT2D eigenvalue weighted by molar-refractivity contribution is 5.98. The highest BCUT2D eigenvalue weighted by Crippen LogP contribution is 2.35. The summed E-state index contributed by atoms with van der Waals surface area (Å²) in [4.78, 5) is 32.4. The number of anilines is 1. The molecule has 0 aliphatic heterocycles. The molecule has 1 aromatic carbocycles. The highest BCUT2D eigenvalue weighted by Gasteiger charge is 2.35. The summed E-state index contributed by atoms with van der Waals surface area (Å²) < 4.78 is 39.8. The molecular formula is C20H17F3N4O3. The molecule has 3 aromatic rings. The maximum absolute atomic E-state index is 12.8. The van der Waals surface area contributed by atoms with E-state index in [-0.39, 0.29) is 22.8 Å². The lowest BCUT2D eigenvalue weighted by molar-refractivity contribution is -0.144. The van der Waals surface area contributed by atoms with Crippen LogP contribution in [0.4, 0.5) is 19.0 Å². The van der Waals surface area contributed by atoms with Gasteiger partial charge >= 0.3 is 12.1 Å². The molecule has 156 valence electrons. The number of nitrogens with one attached hydrogen (secondary N) is 1. The van der Waals surface area contributed by atoms with Crippen molar-refractivity contribution in [3.05, 3.63) is 52.7 Å². The topological polar surface area (TPSA) is 97.1 Å². The van der Waals surface area contributed by atoms with Crippen LogP contribution >= 0.6 is 0 Å². The van der Waals surface area contributed by atoms with Gasteiger partial charge in [0.2, 0.25) is 0 Å². The molecule has 1 aliphatic rings. The van der Waals surface area contributed by atoms with Crippen molar-refractivity contribution in [2.75, 3.05) is 5.32 Å². The molecule has 4 rings (SSSR count). The maximum atomic E-state index is 12.8. The number of hydrogen-bond acceptors (Lipinski definition) is 5. The summed E-state index contributed by atoms with van der Waals surface area (Å²) in [7, 11) is 1.53. The molecule has 10 heteroatoms. The first-order valence-electron chi connectivity index (χ1n) is 9.16. The number of carboxylic acid groups (broad SMARTS) is 1. The molecule has 1 saturated carbocycles. The van der Waals surface area contributed by atoms with Crippen LogP contribution in [0.5, 0.6) is 0 Å². The van der Waals surface area contributed by atoms with E-state index in [9.17, 15) is 22.8 Å². The number of rotatable bonds is 4. The quantitative estimate of drug-likeness (QED) is 0.675. The number of pyridine rings is 1. The van der Waals surface area contributed by atoms with Crippen LogP contribution in [-0.2, 0) is 18.0 Å². The predicted octanol–water partition coefficient (Wildman–Crippen LogP) is 3.29. The Balaban J connectivity index is 1.75. The first kappa shape index (κ1) is 19.9. The molecule has 0 spiro atoms. The van der Waals surface area contributed by atoms with Gasteiger partial charge in [0.25, 0.3) is 5.56 Å². The average Bonchev–Trinajstić information content (AvgIpc) is 2.66. The number of halogens is 3. The number of hydrogen-bond donors (Lipinski definition) is 2. The van der Waals surface area contributed by atoms with E-state index in [1.165, 1.54) is 36.3 Å². The summed E-state index contributed by atoms with van der Waals surface area (Å²) in [5.41, 5.74) is 0.0485. The predicted molar refractivity (Wildman–Crippen MR) is 103 cm³/mol. The molecule has 0 saturated heterocycles. The fourth-order valence-corrected chi connectivity index (χ4v) is 3.50. The van der Waals surface area contributed by atoms with Crippen molar-refractivity contribution in [3.8, 4) is 11.1 Å². The number of fused-ring (bicyclic) bond motifs is 1. The second-order valence-corrected chi connectivity index (χ2v) is 7.33. The summed E-state index contributed by atoms with van der Waals surface area (Å²) in [5, 5.41) is 12.3. The van der Waals surface area contributed by atoms with Crippen molar-refractivity contribution in [1.29, 1.82) is 0 Å². The summed E-state index contributed by atoms with van der Waals surface area (Å²) >= 11 is 0. The van der Waals surface area contributed by atoms with Gasteiger partial charge in [-0.25, -0.2) is 9.97 Å². The minimum Gasteiger partial charge on any atom is -0.481 e. The third-order valence-corrected chi connectivity index (χ3v) is 5.30. The van der Waals surface area contributed by atoms with Gasteiger partial charge in [0.05, 0.1) is 23.3 Å². The molecule has 0 bridgehead atoms. The molecule has 7 nitrogen and oxygen atoms in total. The third-order valence-electron chi connectivity index (χ3n) is 5.30. The molecule has 2 aromatic heterocycles. The monoisotopic (exact) mass is 418 g/mol. The van der Waals surface area contributed by atoms with Crippen molar-refractivity contribution in [2.45, 2.75) is 25.1 Å². The second-order valence-electron chi connectivity index (χ2n) is 7.33. The van der Waals surface area contributed by atoms with Crippen molar-refractivity contribution in [2.24, 2.45) is 13.0 Å². The summed E-state index contributed by atoms with van der Waals surface area (Å²) in [6, 6.07) is 4.43. The van der Waals surface area contributed by atoms with E-state index in [2.05, 4.69) is 15.3 Å². The van der Waals surface area contributed by atoms with Crippen LogP contribution in [-0.4, -0.2) is 31.7 Å². The first-order valence-corrected chi connectivity index (χ1v) is 9.16. The zero-order chi connectivity index (χ0) is 21.6. The number of alkyl halides is 3. The van der Waals surface area contributed by atoms with Crippen LogP contribution in [0.3, 0.4) is 0 Å². The molecule has 0 radical (unpaired) electrons. The Hall–Kier alpha value is -3.43. The van der Waals surface area contributed by atoms with Crippen molar-refractivity contribution >= 4 is 22.7 Å². The smallest absolute Gasteiger partial charge is 0.416 e. The highest BCUT2D eigenvalue weighted by atomic mass is 19.4. The third kappa shape index (κ3) is 3.49. The lowest BCUT2D eigenvalue weighted by atomic mass is 9.80. The van der Waals surface area contributed by atoms with Crippen molar-refractivity contribution in [1.82, 2.24) is 14.5 Å². The van der Waals surface area contributed by atoms with Gasteiger partial charge in [-0.05, 0) is 30.5 Å². The molecule has 0 atom stereocenters. The van der Waals surface area contributed by atoms with Gasteiger partial charge in [0, 0.05) is 24.8 Å². The SMILES string of the molecule is Cn1cnc2c(-c3ccc(C(F)(F)F)cc3)cnc(NC3CC(C(=O)O)C3)c2c1=O. The summed E-state index contributed by atoms with van der Waals surface area (Å²) in [5.74, 6) is -1.01. The standard InChI is InChI=1S/C20H17F3N4O3/c1-27-9-25-16-14(10-2-4-12(5-3-10)20(21,22)23)8-24-17(15(16)18(27)28)26-13-6-11(7-13)19(29)30/h2-5,8-9,11,13H,6-7H2,1H3,(H,24,26)(H,29,30). The Morgan fingerprint density at radius 2 is 1.87 bits per heavy atom. The van der Waals surface area contributed by atoms with E-state index in [1.54, 1.807) is 0 Å². The minimum atomic E-state index is -4.45. The maximum Gasteiger partial charge on any atom is 0.416 e. The number of nitrogens with zero attached hydrogens (tertiary/aromatic N) is 3. The van der Waals surface area contributed by atoms with Gasteiger partial charge in [-0.1, -0.05) is 12.1 Å². The van der Waals surface area contributed by atoms with E-state index in [1.807, 2.05) is 0 Å². The number of carbonyl (C=O) groups is 1. The average molecular weight is 418 g/mol. The fourth-order valence-electron chi connectivity index (χ4n) is 3.50. The minimum absolute atomic E-state index is 0.136. The van der Waals surface area contributed by atoms with E-state index < -0.39 is 23.6 Å². The molecule has 0 unspecified atom stereocenters. The van der Waals surface area contributed by atoms with Crippen LogP contribution in [0.15, 0.2) is 41.6 Å². The number of aromatic nitrogens is 3. The van der Waals surface area contributed by atoms with E-state index in [0.29, 0.717) is 29.5 Å². The molecule has 30 heavy (non-hydrogen) atoms. The van der Waals surface area contributed by atoms with Crippen LogP contribution in [0.25, 0.3) is 22.0 Å². The molecule has 2 N–H and O–H groups in total. The summed E-state index contributed by atoms with van der Waals surface area (Å²) in [6.45, 7) is 0. The van der Waals surface area contributed by atoms with Gasteiger partial charge < -0.3 is 15.0 Å². The zero-order valence-corrected chi connectivity index (χ0v) is 15.8. The fraction of sp³-hybridized carbons (Fsp3) is 0.300. The number of carboxylic acids is 1. The second kappa shape index (κ2) is 7.12. The molecule has 1 fully saturated rings. The normalized spacial score (nSPS) is 18.8. The summed E-state index contributed by atoms with van der Waals surface area (Å²) in [6.07, 6.45) is -0.824. The molecule has 0 amide bonds. The van der Waals surface area contributed by atoms with E-state index in [4.69, 9.17) is 5.11 Å². The van der Waals surface area contributed by atoms with Crippen LogP contribution in [0, 0.1) is 5.92 Å². The number of aryl methyl sites for hydroxylation is 1. The van der Waals surface area contributed by atoms with Gasteiger partial charge in [0.15, 0.2) is 0 Å². The van der Waals surface area contributed by atoms with Crippen LogP contribution < -0.4 is 10.9 Å². The van der Waals surface area contributed by atoms with Crippen molar-refractivity contribution < 1.29 is 23.1 Å². The Morgan fingerprint density at radius 3 is 2.47 bits per heavy atom. The molecule has 2 heterocycles. The van der Waals surface area contributed by atoms with Gasteiger partial charge in [-0.3, -0.25) is 9.59 Å². The lowest BCUT2D eigenvalue weighted by Crippen LogP contribution is -2.40. The van der Waals surface area contributed by atoms with Gasteiger partial charge in [0.1, 0.15) is 11.2 Å². The lowest BCUT2D eigenvalue weighted by Gasteiger charge is -2.33. The van der Waals surface area contributed by atoms with Crippen molar-refractivity contribution in [3.63, 3.8) is 0 Å². The number of benzene rings is 1. The Bertz CT molecular complexity index is 1180. The van der Waals surface area contributed by atoms with Gasteiger partial charge in [-0.15, -0.1) is 0 Å². The van der Waals surface area contributed by atoms with E-state index >= 15 is 0 Å². The number of aliphatic carboxylic acids is 1. The first-order chi connectivity index (χ1) is 14.1. The Labute approximate surface area is 168 Å².